The molecule has 0 radical (unpaired) electrons. The quantitative estimate of drug-likeness (QED) is 0.474. The number of hydrogen-bond acceptors (Lipinski definition) is 5. The number of hydrogen-bond donors (Lipinski definition) is 2. The minimum absolute atomic E-state index is 0.0793. The summed E-state index contributed by atoms with van der Waals surface area (Å²) in [5, 5.41) is 0. The summed E-state index contributed by atoms with van der Waals surface area (Å²) < 4.78 is 49.9. The van der Waals surface area contributed by atoms with Crippen molar-refractivity contribution in [1.29, 1.82) is 0 Å². The van der Waals surface area contributed by atoms with Gasteiger partial charge >= 0.3 is 10.5 Å². The van der Waals surface area contributed by atoms with E-state index >= 15 is 0 Å². The first-order valence-corrected chi connectivity index (χ1v) is 8.34. The van der Waals surface area contributed by atoms with E-state index in [1.165, 1.54) is 7.05 Å². The first-order chi connectivity index (χ1) is 9.13. The molecule has 1 aromatic carbocycles. The number of nitrogens with two attached hydrogens (primary N) is 1. The Labute approximate surface area is 120 Å². The molecule has 0 aliphatic rings. The molecule has 0 amide bonds. The number of para-hydroxylation sites is 1. The maximum absolute atomic E-state index is 10.2. The summed E-state index contributed by atoms with van der Waals surface area (Å²) in [5.74, 6) is -0.422. The molecule has 0 unspecified atom stereocenters. The number of nitrogen functional groups attached to an aromatic ring is 1. The van der Waals surface area contributed by atoms with Crippen LogP contribution in [0.25, 0.3) is 0 Å². The molecule has 0 bridgehead atoms. The third kappa shape index (κ3) is 9.48. The van der Waals surface area contributed by atoms with E-state index in [4.69, 9.17) is 10.3 Å². The zero-order valence-corrected chi connectivity index (χ0v) is 13.0. The first kappa shape index (κ1) is 18.6. The van der Waals surface area contributed by atoms with Gasteiger partial charge in [0, 0.05) is 12.1 Å². The van der Waals surface area contributed by atoms with E-state index in [0.29, 0.717) is 0 Å². The lowest BCUT2D eigenvalue weighted by molar-refractivity contribution is -0.471. The van der Waals surface area contributed by atoms with Crippen LogP contribution in [0.4, 0.5) is 5.69 Å². The molecule has 0 saturated carbocycles. The zero-order valence-electron chi connectivity index (χ0n) is 11.4. The van der Waals surface area contributed by atoms with Crippen LogP contribution >= 0.6 is 0 Å². The van der Waals surface area contributed by atoms with Crippen LogP contribution in [-0.2, 0) is 20.6 Å². The Morgan fingerprint density at radius 2 is 1.85 bits per heavy atom. The Morgan fingerprint density at radius 3 is 2.20 bits per heavy atom. The molecule has 0 aliphatic carbocycles. The van der Waals surface area contributed by atoms with Gasteiger partial charge in [0.2, 0.25) is 0 Å². The predicted octanol–water partition coefficient (Wildman–Crippen LogP) is 0.547. The Morgan fingerprint density at radius 1 is 1.30 bits per heavy atom. The van der Waals surface area contributed by atoms with E-state index in [-0.39, 0.29) is 13.0 Å². The molecule has 9 heteroatoms. The van der Waals surface area contributed by atoms with Gasteiger partial charge in [-0.1, -0.05) is 18.2 Å². The Bertz CT molecular complexity index is 637. The summed E-state index contributed by atoms with van der Waals surface area (Å²) in [4.78, 5) is 0. The second kappa shape index (κ2) is 8.67. The molecule has 7 nitrogen and oxygen atoms in total. The van der Waals surface area contributed by atoms with Gasteiger partial charge in [0.15, 0.2) is 13.6 Å². The van der Waals surface area contributed by atoms with Crippen LogP contribution < -0.4 is 5.73 Å². The minimum atomic E-state index is -3.97. The van der Waals surface area contributed by atoms with Crippen molar-refractivity contribution >= 4 is 26.3 Å². The molecule has 114 valence electrons. The number of anilines is 1. The average Bonchev–Trinajstić information content (AvgIpc) is 2.32. The van der Waals surface area contributed by atoms with Crippen LogP contribution in [0.2, 0.25) is 0 Å². The molecular weight excluding hydrogens is 304 g/mol. The fraction of sp³-hybridized carbons (Fsp3) is 0.455. The highest BCUT2D eigenvalue weighted by Gasteiger charge is 2.07. The zero-order chi connectivity index (χ0) is 15.8. The van der Waals surface area contributed by atoms with Crippen molar-refractivity contribution in [3.8, 4) is 0 Å². The third-order valence-electron chi connectivity index (χ3n) is 2.32. The van der Waals surface area contributed by atoms with Crippen molar-refractivity contribution in [2.75, 3.05) is 25.1 Å². The van der Waals surface area contributed by atoms with Crippen molar-refractivity contribution in [3.63, 3.8) is 0 Å². The first-order valence-electron chi connectivity index (χ1n) is 5.70. The lowest BCUT2D eigenvalue weighted by Gasteiger charge is -1.93. The Balaban J connectivity index is 0.000000388. The number of rotatable bonds is 4. The Hall–Kier alpha value is -1.45. The lowest BCUT2D eigenvalue weighted by atomic mass is 10.2. The molecule has 1 aromatic rings. The van der Waals surface area contributed by atoms with Gasteiger partial charge in [-0.15, -0.1) is 12.4 Å². The van der Waals surface area contributed by atoms with E-state index in [1.807, 2.05) is 31.2 Å². The molecule has 0 heterocycles. The van der Waals surface area contributed by atoms with Gasteiger partial charge in [0.05, 0.1) is 5.75 Å². The van der Waals surface area contributed by atoms with Crippen molar-refractivity contribution < 1.29 is 25.3 Å². The van der Waals surface area contributed by atoms with Crippen molar-refractivity contribution in [2.45, 2.75) is 13.3 Å². The number of aryl methyl sites for hydroxylation is 1. The summed E-state index contributed by atoms with van der Waals surface area (Å²) >= 11 is 0. The summed E-state index contributed by atoms with van der Waals surface area (Å²) in [6.45, 7) is 2.07. The number of nitrogens with zero attached hydrogens (tertiary/aromatic N) is 1. The largest absolute Gasteiger partial charge is 0.458 e. The van der Waals surface area contributed by atoms with Gasteiger partial charge < -0.3 is 5.73 Å². The van der Waals surface area contributed by atoms with Crippen LogP contribution in [0, 0.1) is 6.92 Å². The van der Waals surface area contributed by atoms with E-state index in [2.05, 4.69) is 0 Å². The highest BCUT2D eigenvalue weighted by Crippen LogP contribution is 2.06. The monoisotopic (exact) mass is 323 g/mol. The second-order valence-electron chi connectivity index (χ2n) is 4.06. The van der Waals surface area contributed by atoms with Crippen molar-refractivity contribution in [3.05, 3.63) is 29.8 Å². The van der Waals surface area contributed by atoms with E-state index in [0.717, 1.165) is 15.2 Å². The smallest absolute Gasteiger partial charge is 0.399 e. The van der Waals surface area contributed by atoms with Crippen LogP contribution in [0.5, 0.6) is 0 Å². The van der Waals surface area contributed by atoms with E-state index in [9.17, 15) is 16.8 Å². The Kier molecular flexibility index (Phi) is 8.04. The molecule has 0 aliphatic heterocycles. The molecule has 3 N–H and O–H groups in total. The molecule has 0 atom stereocenters. The summed E-state index contributed by atoms with van der Waals surface area (Å²) in [6.07, 6.45) is 0.0866. The molecule has 20 heavy (non-hydrogen) atoms. The molecule has 0 aromatic heterocycles. The van der Waals surface area contributed by atoms with Crippen LogP contribution in [0.3, 0.4) is 0 Å². The standard InChI is InChI=1S/C7H9N.C4H9NO5S2/c1-6-4-2-3-5-7(6)8;1-5(11(6)7)3-2-4-12(8,9)10/h2-5H,8H2,1H3;2-4H2,1H3/p+1. The van der Waals surface area contributed by atoms with Gasteiger partial charge in [-0.3, -0.25) is 4.55 Å². The van der Waals surface area contributed by atoms with Crippen LogP contribution in [0.15, 0.2) is 24.3 Å². The van der Waals surface area contributed by atoms with E-state index in [1.54, 1.807) is 0 Å². The fourth-order valence-electron chi connectivity index (χ4n) is 1.13. The van der Waals surface area contributed by atoms with Gasteiger partial charge in [-0.05, 0) is 18.6 Å². The molecule has 0 spiro atoms. The molecular formula is C11H19N2O5S2+. The van der Waals surface area contributed by atoms with Gasteiger partial charge in [0.1, 0.15) is 0 Å². The van der Waals surface area contributed by atoms with E-state index < -0.39 is 26.4 Å². The molecule has 0 fully saturated rings. The SMILES string of the molecule is C[N+](CCCS(=O)(=O)O)=S(=O)=O.Cc1ccccc1N. The topological polar surface area (TPSA) is 118 Å². The van der Waals surface area contributed by atoms with Crippen molar-refractivity contribution in [1.82, 2.24) is 0 Å². The van der Waals surface area contributed by atoms with Crippen LogP contribution in [-0.4, -0.2) is 44.7 Å². The minimum Gasteiger partial charge on any atom is -0.399 e. The fourth-order valence-corrected chi connectivity index (χ4v) is 1.90. The normalized spacial score (nSPS) is 10.3. The van der Waals surface area contributed by atoms with Crippen molar-refractivity contribution in [2.24, 2.45) is 0 Å². The highest BCUT2D eigenvalue weighted by molar-refractivity contribution is 7.85. The maximum Gasteiger partial charge on any atom is 0.458 e. The molecule has 0 saturated heterocycles. The lowest BCUT2D eigenvalue weighted by Crippen LogP contribution is -2.12. The van der Waals surface area contributed by atoms with Gasteiger partial charge in [0.25, 0.3) is 10.1 Å². The average molecular weight is 323 g/mol. The molecule has 1 rings (SSSR count). The summed E-state index contributed by atoms with van der Waals surface area (Å²) in [5.41, 5.74) is 7.53. The van der Waals surface area contributed by atoms with Gasteiger partial charge in [-0.2, -0.15) is 8.42 Å². The van der Waals surface area contributed by atoms with Crippen LogP contribution in [0.1, 0.15) is 12.0 Å². The second-order valence-corrected chi connectivity index (χ2v) is 6.69. The maximum atomic E-state index is 10.2. The third-order valence-corrected chi connectivity index (χ3v) is 3.81. The predicted molar refractivity (Wildman–Crippen MR) is 76.6 cm³/mol. The summed E-state index contributed by atoms with van der Waals surface area (Å²) in [6, 6.07) is 7.80. The number of benzene rings is 1. The highest BCUT2D eigenvalue weighted by atomic mass is 32.2. The summed E-state index contributed by atoms with van der Waals surface area (Å²) in [7, 11) is -4.99. The van der Waals surface area contributed by atoms with Gasteiger partial charge in [-0.25, -0.2) is 0 Å².